The molecule has 0 fully saturated rings. The monoisotopic (exact) mass is 246 g/mol. The van der Waals surface area contributed by atoms with Crippen LogP contribution in [0.3, 0.4) is 0 Å². The van der Waals surface area contributed by atoms with E-state index in [9.17, 15) is 4.79 Å². The van der Waals surface area contributed by atoms with E-state index in [1.165, 1.54) is 5.69 Å². The van der Waals surface area contributed by atoms with Gasteiger partial charge in [0, 0.05) is 35.5 Å². The van der Waals surface area contributed by atoms with Crippen molar-refractivity contribution in [3.63, 3.8) is 0 Å². The van der Waals surface area contributed by atoms with E-state index in [1.54, 1.807) is 11.3 Å². The highest BCUT2D eigenvalue weighted by Crippen LogP contribution is 2.28. The fraction of sp³-hybridized carbons (Fsp3) is 0.385. The van der Waals surface area contributed by atoms with Crippen LogP contribution in [0.15, 0.2) is 23.8 Å². The number of rotatable bonds is 2. The van der Waals surface area contributed by atoms with Gasteiger partial charge in [-0.3, -0.25) is 4.79 Å². The van der Waals surface area contributed by atoms with Gasteiger partial charge in [-0.2, -0.15) is 0 Å². The zero-order valence-electron chi connectivity index (χ0n) is 9.72. The number of nitrogens with zero attached hydrogens (tertiary/aromatic N) is 2. The Labute approximate surface area is 104 Å². The minimum Gasteiger partial charge on any atom is -0.341 e. The van der Waals surface area contributed by atoms with Crippen molar-refractivity contribution in [1.82, 2.24) is 9.55 Å². The molecule has 4 heteroatoms. The lowest BCUT2D eigenvalue weighted by Crippen LogP contribution is -2.15. The fourth-order valence-electron chi connectivity index (χ4n) is 2.47. The lowest BCUT2D eigenvalue weighted by molar-refractivity contribution is 0.0971. The topological polar surface area (TPSA) is 34.9 Å². The van der Waals surface area contributed by atoms with Crippen molar-refractivity contribution < 1.29 is 4.79 Å². The maximum absolute atomic E-state index is 11.8. The fourth-order valence-corrected chi connectivity index (χ4v) is 3.16. The first-order valence-corrected chi connectivity index (χ1v) is 6.77. The summed E-state index contributed by atoms with van der Waals surface area (Å²) in [7, 11) is 0. The van der Waals surface area contributed by atoms with E-state index in [-0.39, 0.29) is 11.8 Å². The van der Waals surface area contributed by atoms with E-state index in [4.69, 9.17) is 0 Å². The van der Waals surface area contributed by atoms with Crippen LogP contribution in [-0.2, 0) is 6.42 Å². The molecule has 3 rings (SSSR count). The molecule has 0 amide bonds. The Morgan fingerprint density at radius 1 is 1.47 bits per heavy atom. The summed E-state index contributed by atoms with van der Waals surface area (Å²) in [5.41, 5.74) is 2.10. The highest BCUT2D eigenvalue weighted by Gasteiger charge is 2.23. The van der Waals surface area contributed by atoms with Crippen molar-refractivity contribution >= 4 is 17.1 Å². The van der Waals surface area contributed by atoms with E-state index in [2.05, 4.69) is 16.5 Å². The molecule has 1 aliphatic carbocycles. The molecule has 1 unspecified atom stereocenters. The largest absolute Gasteiger partial charge is 0.341 e. The number of hydrogen-bond acceptors (Lipinski definition) is 3. The zero-order valence-corrected chi connectivity index (χ0v) is 10.5. The molecule has 0 saturated carbocycles. The van der Waals surface area contributed by atoms with Gasteiger partial charge in [-0.1, -0.05) is 0 Å². The number of thiazole rings is 1. The molecule has 0 saturated heterocycles. The van der Waals surface area contributed by atoms with Gasteiger partial charge in [-0.15, -0.1) is 11.3 Å². The Hall–Kier alpha value is -1.42. The Morgan fingerprint density at radius 3 is 3.12 bits per heavy atom. The third kappa shape index (κ3) is 1.72. The first kappa shape index (κ1) is 10.7. The van der Waals surface area contributed by atoms with Gasteiger partial charge in [0.15, 0.2) is 5.78 Å². The standard InChI is InChI=1S/C13H14N2OS/c1-9(13-14-6-8-17-13)15-7-5-10-11(15)3-2-4-12(10)16/h5-9H,2-4H2,1H3. The number of carbonyl (C=O) groups is 1. The molecule has 0 N–H and O–H groups in total. The Bertz CT molecular complexity index is 542. The molecule has 0 radical (unpaired) electrons. The molecule has 0 spiro atoms. The van der Waals surface area contributed by atoms with Crippen LogP contribution in [0.5, 0.6) is 0 Å². The van der Waals surface area contributed by atoms with Gasteiger partial charge in [0.1, 0.15) is 5.01 Å². The van der Waals surface area contributed by atoms with E-state index in [0.29, 0.717) is 6.42 Å². The predicted molar refractivity (Wildman–Crippen MR) is 67.6 cm³/mol. The van der Waals surface area contributed by atoms with Gasteiger partial charge < -0.3 is 4.57 Å². The number of hydrogen-bond donors (Lipinski definition) is 0. The zero-order chi connectivity index (χ0) is 11.8. The maximum Gasteiger partial charge on any atom is 0.164 e. The molecule has 0 bridgehead atoms. The number of ketones is 1. The molecular formula is C13H14N2OS. The average molecular weight is 246 g/mol. The summed E-state index contributed by atoms with van der Waals surface area (Å²) in [4.78, 5) is 16.1. The Kier molecular flexibility index (Phi) is 2.59. The molecule has 1 atom stereocenters. The van der Waals surface area contributed by atoms with E-state index in [1.807, 2.05) is 23.8 Å². The molecule has 2 aromatic heterocycles. The van der Waals surface area contributed by atoms with Gasteiger partial charge in [0.05, 0.1) is 6.04 Å². The molecule has 88 valence electrons. The minimum atomic E-state index is 0.227. The summed E-state index contributed by atoms with van der Waals surface area (Å²) in [6, 6.07) is 2.19. The van der Waals surface area contributed by atoms with Crippen molar-refractivity contribution in [3.8, 4) is 0 Å². The van der Waals surface area contributed by atoms with Gasteiger partial charge in [-0.05, 0) is 25.8 Å². The molecule has 0 aromatic carbocycles. The second-order valence-electron chi connectivity index (χ2n) is 4.41. The molecule has 2 aromatic rings. The SMILES string of the molecule is CC(c1nccs1)n1ccc2c1CCCC2=O. The summed E-state index contributed by atoms with van der Waals surface area (Å²) in [6.07, 6.45) is 6.53. The summed E-state index contributed by atoms with van der Waals surface area (Å²) in [5, 5.41) is 3.09. The van der Waals surface area contributed by atoms with Crippen LogP contribution in [0.2, 0.25) is 0 Å². The van der Waals surface area contributed by atoms with Crippen LogP contribution < -0.4 is 0 Å². The Balaban J connectivity index is 2.02. The second-order valence-corrected chi connectivity index (χ2v) is 5.33. The molecule has 3 nitrogen and oxygen atoms in total. The van der Waals surface area contributed by atoms with Gasteiger partial charge in [0.25, 0.3) is 0 Å². The molecular weight excluding hydrogens is 232 g/mol. The highest BCUT2D eigenvalue weighted by atomic mass is 32.1. The van der Waals surface area contributed by atoms with E-state index < -0.39 is 0 Å². The van der Waals surface area contributed by atoms with Crippen molar-refractivity contribution in [2.45, 2.75) is 32.2 Å². The molecule has 0 aliphatic heterocycles. The van der Waals surface area contributed by atoms with Crippen molar-refractivity contribution in [2.75, 3.05) is 0 Å². The summed E-state index contributed by atoms with van der Waals surface area (Å²) in [6.45, 7) is 2.14. The summed E-state index contributed by atoms with van der Waals surface area (Å²) in [5.74, 6) is 0.288. The quantitative estimate of drug-likeness (QED) is 0.816. The number of Topliss-reactive ketones (excluding diaryl/α,β-unsaturated/α-hetero) is 1. The van der Waals surface area contributed by atoms with Crippen LogP contribution in [0.1, 0.15) is 46.9 Å². The van der Waals surface area contributed by atoms with Gasteiger partial charge in [-0.25, -0.2) is 4.98 Å². The maximum atomic E-state index is 11.8. The van der Waals surface area contributed by atoms with Crippen LogP contribution >= 0.6 is 11.3 Å². The number of fused-ring (bicyclic) bond motifs is 1. The first-order chi connectivity index (χ1) is 8.27. The molecule has 1 aliphatic rings. The summed E-state index contributed by atoms with van der Waals surface area (Å²) >= 11 is 1.66. The van der Waals surface area contributed by atoms with Crippen LogP contribution in [0.4, 0.5) is 0 Å². The third-order valence-corrected chi connectivity index (χ3v) is 4.31. The Morgan fingerprint density at radius 2 is 2.35 bits per heavy atom. The average Bonchev–Trinajstić information content (AvgIpc) is 2.98. The number of aromatic nitrogens is 2. The van der Waals surface area contributed by atoms with Gasteiger partial charge >= 0.3 is 0 Å². The van der Waals surface area contributed by atoms with E-state index in [0.717, 1.165) is 23.4 Å². The highest BCUT2D eigenvalue weighted by molar-refractivity contribution is 7.09. The molecule has 17 heavy (non-hydrogen) atoms. The normalized spacial score (nSPS) is 16.9. The predicted octanol–water partition coefficient (Wildman–Crippen LogP) is 3.07. The smallest absolute Gasteiger partial charge is 0.164 e. The third-order valence-electron chi connectivity index (χ3n) is 3.37. The lowest BCUT2D eigenvalue weighted by Gasteiger charge is -2.18. The minimum absolute atomic E-state index is 0.227. The first-order valence-electron chi connectivity index (χ1n) is 5.89. The second kappa shape index (κ2) is 4.11. The lowest BCUT2D eigenvalue weighted by atomic mass is 9.96. The van der Waals surface area contributed by atoms with Crippen LogP contribution in [0.25, 0.3) is 0 Å². The van der Waals surface area contributed by atoms with Crippen molar-refractivity contribution in [2.24, 2.45) is 0 Å². The van der Waals surface area contributed by atoms with Crippen molar-refractivity contribution in [1.29, 1.82) is 0 Å². The van der Waals surface area contributed by atoms with Crippen LogP contribution in [0, 0.1) is 0 Å². The van der Waals surface area contributed by atoms with Crippen molar-refractivity contribution in [3.05, 3.63) is 40.1 Å². The van der Waals surface area contributed by atoms with Gasteiger partial charge in [0.2, 0.25) is 0 Å². The number of carbonyl (C=O) groups excluding carboxylic acids is 1. The summed E-state index contributed by atoms with van der Waals surface area (Å²) < 4.78 is 2.20. The molecule has 2 heterocycles. The van der Waals surface area contributed by atoms with Crippen LogP contribution in [-0.4, -0.2) is 15.3 Å². The van der Waals surface area contributed by atoms with E-state index >= 15 is 0 Å².